The Bertz CT molecular complexity index is 40.8. The van der Waals surface area contributed by atoms with Crippen molar-refractivity contribution in [3.05, 3.63) is 11.5 Å². The first-order valence-electron chi connectivity index (χ1n) is 1.70. The van der Waals surface area contributed by atoms with Crippen LogP contribution in [0.5, 0.6) is 0 Å². The van der Waals surface area contributed by atoms with Crippen molar-refractivity contribution in [1.82, 2.24) is 0 Å². The summed E-state index contributed by atoms with van der Waals surface area (Å²) in [5.41, 5.74) is 0. The predicted molar refractivity (Wildman–Crippen MR) is 36.5 cm³/mol. The number of rotatable bonds is 2. The molecule has 0 saturated carbocycles. The molecule has 0 aliphatic rings. The van der Waals surface area contributed by atoms with E-state index in [-0.39, 0.29) is 0 Å². The van der Waals surface area contributed by atoms with Crippen LogP contribution in [0, 0.1) is 0 Å². The van der Waals surface area contributed by atoms with Gasteiger partial charge in [-0.05, 0) is 11.7 Å². The summed E-state index contributed by atoms with van der Waals surface area (Å²) in [6.07, 6.45) is 4.07. The van der Waals surface area contributed by atoms with Gasteiger partial charge in [0.2, 0.25) is 0 Å². The van der Waals surface area contributed by atoms with E-state index >= 15 is 0 Å². The molecule has 0 aromatic carbocycles. The highest BCUT2D eigenvalue weighted by atomic mass is 32.2. The molecular weight excluding hydrogens is 112 g/mol. The lowest BCUT2D eigenvalue weighted by Crippen LogP contribution is -1.59. The Morgan fingerprint density at radius 1 is 1.83 bits per heavy atom. The molecular formula is C4H8S2. The van der Waals surface area contributed by atoms with E-state index in [9.17, 15) is 0 Å². The van der Waals surface area contributed by atoms with E-state index in [4.69, 9.17) is 0 Å². The minimum atomic E-state index is 1.07. The van der Waals surface area contributed by atoms with Crippen LogP contribution in [0.2, 0.25) is 0 Å². The normalized spacial score (nSPS) is 10.3. The van der Waals surface area contributed by atoms with Crippen LogP contribution in [0.15, 0.2) is 11.5 Å². The number of thioether (sulfide) groups is 1. The molecule has 0 aromatic heterocycles. The van der Waals surface area contributed by atoms with Crippen LogP contribution >= 0.6 is 24.4 Å². The Kier molecular flexibility index (Phi) is 5.84. The minimum absolute atomic E-state index is 1.07. The second kappa shape index (κ2) is 5.44. The first-order valence-corrected chi connectivity index (χ1v) is 3.61. The summed E-state index contributed by atoms with van der Waals surface area (Å²) >= 11 is 5.65. The van der Waals surface area contributed by atoms with Crippen LogP contribution in [0.3, 0.4) is 0 Å². The van der Waals surface area contributed by atoms with Crippen molar-refractivity contribution in [2.45, 2.75) is 0 Å². The maximum Gasteiger partial charge on any atom is 0.0118 e. The molecule has 36 valence electrons. The van der Waals surface area contributed by atoms with Crippen molar-refractivity contribution < 1.29 is 0 Å². The second-order valence-electron chi connectivity index (χ2n) is 0.840. The average molecular weight is 120 g/mol. The summed E-state index contributed by atoms with van der Waals surface area (Å²) in [6, 6.07) is 0. The topological polar surface area (TPSA) is 0 Å². The van der Waals surface area contributed by atoms with Gasteiger partial charge in [-0.2, -0.15) is 24.4 Å². The van der Waals surface area contributed by atoms with E-state index in [1.54, 1.807) is 17.2 Å². The van der Waals surface area contributed by atoms with Gasteiger partial charge in [-0.1, -0.05) is 6.08 Å². The van der Waals surface area contributed by atoms with Crippen LogP contribution in [0.25, 0.3) is 0 Å². The van der Waals surface area contributed by atoms with Gasteiger partial charge in [-0.25, -0.2) is 0 Å². The van der Waals surface area contributed by atoms with E-state index in [0.717, 1.165) is 5.75 Å². The quantitative estimate of drug-likeness (QED) is 0.542. The molecule has 0 N–H and O–H groups in total. The van der Waals surface area contributed by atoms with Gasteiger partial charge in [0.15, 0.2) is 0 Å². The molecule has 0 aliphatic carbocycles. The molecule has 0 fully saturated rings. The predicted octanol–water partition coefficient (Wildman–Crippen LogP) is 1.79. The molecule has 2 heteroatoms. The Hall–Kier alpha value is 0.440. The molecule has 0 aliphatic heterocycles. The summed E-state index contributed by atoms with van der Waals surface area (Å²) in [7, 11) is 0. The Morgan fingerprint density at radius 3 is 2.67 bits per heavy atom. The molecule has 0 amide bonds. The molecule has 0 unspecified atom stereocenters. The second-order valence-corrected chi connectivity index (χ2v) is 2.05. The highest BCUT2D eigenvalue weighted by molar-refractivity contribution is 7.98. The molecule has 0 saturated heterocycles. The zero-order valence-electron chi connectivity index (χ0n) is 3.72. The highest BCUT2D eigenvalue weighted by Gasteiger charge is 1.64. The van der Waals surface area contributed by atoms with Gasteiger partial charge in [0.1, 0.15) is 0 Å². The van der Waals surface area contributed by atoms with Crippen molar-refractivity contribution in [2.24, 2.45) is 0 Å². The SMILES string of the molecule is CSC/C=C\S. The lowest BCUT2D eigenvalue weighted by Gasteiger charge is -1.76. The lowest BCUT2D eigenvalue weighted by molar-refractivity contribution is 1.81. The molecule has 0 spiro atoms. The standard InChI is InChI=1S/C4H8S2/c1-6-4-2-3-5/h2-3,5H,4H2,1H3/b3-2-. The summed E-state index contributed by atoms with van der Waals surface area (Å²) < 4.78 is 0. The van der Waals surface area contributed by atoms with Crippen molar-refractivity contribution in [1.29, 1.82) is 0 Å². The first-order chi connectivity index (χ1) is 2.91. The van der Waals surface area contributed by atoms with Crippen molar-refractivity contribution in [3.8, 4) is 0 Å². The molecule has 6 heavy (non-hydrogen) atoms. The van der Waals surface area contributed by atoms with E-state index in [0.29, 0.717) is 0 Å². The minimum Gasteiger partial charge on any atom is -0.161 e. The number of thiol groups is 1. The van der Waals surface area contributed by atoms with E-state index in [1.165, 1.54) is 0 Å². The maximum absolute atomic E-state index is 3.86. The Balaban J connectivity index is 2.66. The molecule has 0 rings (SSSR count). The summed E-state index contributed by atoms with van der Waals surface area (Å²) in [5.74, 6) is 1.07. The fraction of sp³-hybridized carbons (Fsp3) is 0.500. The average Bonchev–Trinajstić information content (AvgIpc) is 1.61. The summed E-state index contributed by atoms with van der Waals surface area (Å²) in [6.45, 7) is 0. The molecule has 0 heterocycles. The van der Waals surface area contributed by atoms with E-state index in [1.807, 2.05) is 6.08 Å². The molecule has 0 aromatic rings. The smallest absolute Gasteiger partial charge is 0.0118 e. The lowest BCUT2D eigenvalue weighted by atomic mass is 10.8. The van der Waals surface area contributed by atoms with Crippen LogP contribution in [0.1, 0.15) is 0 Å². The highest BCUT2D eigenvalue weighted by Crippen LogP contribution is 1.90. The Morgan fingerprint density at radius 2 is 2.50 bits per heavy atom. The van der Waals surface area contributed by atoms with Gasteiger partial charge in [-0.3, -0.25) is 0 Å². The van der Waals surface area contributed by atoms with Gasteiger partial charge in [0, 0.05) is 5.75 Å². The van der Waals surface area contributed by atoms with Gasteiger partial charge >= 0.3 is 0 Å². The molecule has 0 bridgehead atoms. The summed E-state index contributed by atoms with van der Waals surface area (Å²) in [5, 5.41) is 1.76. The van der Waals surface area contributed by atoms with Gasteiger partial charge < -0.3 is 0 Å². The van der Waals surface area contributed by atoms with Crippen LogP contribution in [0.4, 0.5) is 0 Å². The maximum atomic E-state index is 3.86. The molecule has 0 nitrogen and oxygen atoms in total. The fourth-order valence-corrected chi connectivity index (χ4v) is 0.676. The van der Waals surface area contributed by atoms with Crippen molar-refractivity contribution >= 4 is 24.4 Å². The third-order valence-electron chi connectivity index (χ3n) is 0.368. The van der Waals surface area contributed by atoms with E-state index in [2.05, 4.69) is 18.9 Å². The van der Waals surface area contributed by atoms with Crippen molar-refractivity contribution in [2.75, 3.05) is 12.0 Å². The van der Waals surface area contributed by atoms with Crippen molar-refractivity contribution in [3.63, 3.8) is 0 Å². The molecule has 0 atom stereocenters. The number of hydrogen-bond donors (Lipinski definition) is 1. The van der Waals surface area contributed by atoms with E-state index < -0.39 is 0 Å². The fourth-order valence-electron chi connectivity index (χ4n) is 0.139. The van der Waals surface area contributed by atoms with Crippen LogP contribution in [-0.2, 0) is 0 Å². The monoisotopic (exact) mass is 120 g/mol. The first kappa shape index (κ1) is 6.44. The number of hydrogen-bond acceptors (Lipinski definition) is 2. The van der Waals surface area contributed by atoms with Gasteiger partial charge in [0.25, 0.3) is 0 Å². The third kappa shape index (κ3) is 4.44. The summed E-state index contributed by atoms with van der Waals surface area (Å²) in [4.78, 5) is 0. The van der Waals surface area contributed by atoms with Crippen LogP contribution < -0.4 is 0 Å². The Labute approximate surface area is 48.4 Å². The van der Waals surface area contributed by atoms with Gasteiger partial charge in [0.05, 0.1) is 0 Å². The van der Waals surface area contributed by atoms with Crippen LogP contribution in [-0.4, -0.2) is 12.0 Å². The molecule has 0 radical (unpaired) electrons. The zero-order valence-corrected chi connectivity index (χ0v) is 5.43. The third-order valence-corrected chi connectivity index (χ3v) is 1.10. The zero-order chi connectivity index (χ0) is 4.83. The largest absolute Gasteiger partial charge is 0.161 e. The van der Waals surface area contributed by atoms with Gasteiger partial charge in [-0.15, -0.1) is 0 Å².